The fraction of sp³-hybridized carbons (Fsp3) is 0.719. The number of aliphatic carboxylic acids is 1. The number of hydrogen-bond acceptors (Lipinski definition) is 4. The van der Waals surface area contributed by atoms with Crippen molar-refractivity contribution < 1.29 is 24.6 Å². The van der Waals surface area contributed by atoms with Gasteiger partial charge in [-0.15, -0.1) is 0 Å². The number of aliphatic hydroxyl groups is 1. The van der Waals surface area contributed by atoms with Gasteiger partial charge < -0.3 is 20.4 Å². The van der Waals surface area contributed by atoms with Crippen molar-refractivity contribution in [3.05, 3.63) is 34.9 Å². The van der Waals surface area contributed by atoms with Gasteiger partial charge >= 0.3 is 5.97 Å². The molecule has 3 N–H and O–H groups in total. The maximum atomic E-state index is 13.8. The first-order valence-corrected chi connectivity index (χ1v) is 15.3. The van der Waals surface area contributed by atoms with Gasteiger partial charge in [-0.25, -0.2) is 0 Å². The lowest BCUT2D eigenvalue weighted by Gasteiger charge is -2.62. The van der Waals surface area contributed by atoms with E-state index in [9.17, 15) is 24.6 Å². The number of benzene rings is 1. The highest BCUT2D eigenvalue weighted by Crippen LogP contribution is 2.67. The van der Waals surface area contributed by atoms with Gasteiger partial charge in [0.05, 0.1) is 12.0 Å². The Hall–Kier alpha value is -2.12. The quantitative estimate of drug-likeness (QED) is 0.388. The van der Waals surface area contributed by atoms with Gasteiger partial charge in [0.1, 0.15) is 6.04 Å². The first-order chi connectivity index (χ1) is 18.6. The maximum absolute atomic E-state index is 13.8. The van der Waals surface area contributed by atoms with Crippen LogP contribution in [-0.2, 0) is 20.0 Å². The lowest BCUT2D eigenvalue weighted by atomic mass is 9.43. The molecule has 2 amide bonds. The first-order valence-electron chi connectivity index (χ1n) is 14.9. The number of carbonyl (C=O) groups is 3. The molecule has 2 unspecified atom stereocenters. The normalized spacial score (nSPS) is 35.0. The minimum Gasteiger partial charge on any atom is -0.481 e. The molecular weight excluding hydrogens is 528 g/mol. The van der Waals surface area contributed by atoms with Gasteiger partial charge in [-0.05, 0) is 91.2 Å². The van der Waals surface area contributed by atoms with Crippen LogP contribution in [0.3, 0.4) is 0 Å². The smallest absolute Gasteiger partial charge is 0.303 e. The van der Waals surface area contributed by atoms with Crippen LogP contribution in [0.25, 0.3) is 0 Å². The zero-order valence-corrected chi connectivity index (χ0v) is 25.1. The Morgan fingerprint density at radius 1 is 1.02 bits per heavy atom. The van der Waals surface area contributed by atoms with Crippen molar-refractivity contribution >= 4 is 29.4 Å². The molecule has 1 aromatic rings. The van der Waals surface area contributed by atoms with Gasteiger partial charge in [0, 0.05) is 29.9 Å². The Morgan fingerprint density at radius 3 is 2.12 bits per heavy atom. The Balaban J connectivity index is 1.26. The lowest BCUT2D eigenvalue weighted by molar-refractivity contribution is -0.159. The third kappa shape index (κ3) is 5.40. The zero-order valence-electron chi connectivity index (χ0n) is 24.3. The van der Waals surface area contributed by atoms with Crippen molar-refractivity contribution in [2.75, 3.05) is 13.1 Å². The van der Waals surface area contributed by atoms with E-state index in [-0.39, 0.29) is 35.0 Å². The van der Waals surface area contributed by atoms with E-state index in [1.54, 1.807) is 17.0 Å². The Kier molecular flexibility index (Phi) is 7.57. The van der Waals surface area contributed by atoms with Crippen LogP contribution in [0.4, 0.5) is 0 Å². The highest BCUT2D eigenvalue weighted by atomic mass is 35.5. The summed E-state index contributed by atoms with van der Waals surface area (Å²) in [6, 6.07) is 6.61. The van der Waals surface area contributed by atoms with E-state index in [0.29, 0.717) is 42.8 Å². The van der Waals surface area contributed by atoms with E-state index in [0.717, 1.165) is 44.1 Å². The van der Waals surface area contributed by atoms with Crippen LogP contribution in [0.15, 0.2) is 24.3 Å². The van der Waals surface area contributed by atoms with Crippen molar-refractivity contribution in [1.82, 2.24) is 10.2 Å². The van der Waals surface area contributed by atoms with Gasteiger partial charge in [-0.3, -0.25) is 14.4 Å². The van der Waals surface area contributed by atoms with Crippen molar-refractivity contribution in [2.45, 2.75) is 97.1 Å². The molecule has 4 saturated carbocycles. The first kappa shape index (κ1) is 29.4. The van der Waals surface area contributed by atoms with Crippen LogP contribution >= 0.6 is 11.6 Å². The molecule has 0 radical (unpaired) electrons. The van der Waals surface area contributed by atoms with Gasteiger partial charge in [0.25, 0.3) is 0 Å². The summed E-state index contributed by atoms with van der Waals surface area (Å²) in [5, 5.41) is 25.1. The van der Waals surface area contributed by atoms with Crippen molar-refractivity contribution in [1.29, 1.82) is 0 Å². The predicted molar refractivity (Wildman–Crippen MR) is 154 cm³/mol. The van der Waals surface area contributed by atoms with Crippen molar-refractivity contribution in [2.24, 2.45) is 34.0 Å². The Bertz CT molecular complexity index is 1150. The van der Waals surface area contributed by atoms with Gasteiger partial charge in [0.2, 0.25) is 11.8 Å². The summed E-state index contributed by atoms with van der Waals surface area (Å²) < 4.78 is 0. The Labute approximate surface area is 243 Å². The monoisotopic (exact) mass is 572 g/mol. The summed E-state index contributed by atoms with van der Waals surface area (Å²) in [4.78, 5) is 40.9. The largest absolute Gasteiger partial charge is 0.481 e. The number of halogens is 1. The van der Waals surface area contributed by atoms with Crippen LogP contribution in [0, 0.1) is 34.0 Å². The van der Waals surface area contributed by atoms with E-state index < -0.39 is 23.0 Å². The summed E-state index contributed by atoms with van der Waals surface area (Å²) in [5.41, 5.74) is -1.26. The average molecular weight is 573 g/mol. The lowest BCUT2D eigenvalue weighted by Crippen LogP contribution is -2.61. The standard InChI is InChI=1S/C32H45ClN2O5/c1-20(2)27(28(39)35-10-9-32(40,29(3,4)19-35)23-5-7-24(33)8-6-23)34-25(36)16-30-12-21-11-22(13-30)15-31(14-21,18-30)17-26(37)38/h5-8,20-22,27,40H,9-19H2,1-4H3,(H,34,36)(H,37,38)/t21?,22?,27-,30?,31?,32+/m1/s1. The second kappa shape index (κ2) is 10.3. The Morgan fingerprint density at radius 2 is 1.60 bits per heavy atom. The molecule has 4 aliphatic carbocycles. The summed E-state index contributed by atoms with van der Waals surface area (Å²) in [6.07, 6.45) is 6.83. The van der Waals surface area contributed by atoms with Crippen LogP contribution in [-0.4, -0.2) is 52.0 Å². The molecule has 1 saturated heterocycles. The number of piperidine rings is 1. The van der Waals surface area contributed by atoms with E-state index in [1.807, 2.05) is 39.8 Å². The molecule has 1 heterocycles. The number of amides is 2. The number of nitrogens with zero attached hydrogens (tertiary/aromatic N) is 1. The molecular formula is C32H45ClN2O5. The minimum atomic E-state index is -1.10. The fourth-order valence-corrected chi connectivity index (χ4v) is 9.56. The molecule has 6 rings (SSSR count). The molecule has 0 aromatic heterocycles. The van der Waals surface area contributed by atoms with Gasteiger partial charge in [-0.2, -0.15) is 0 Å². The van der Waals surface area contributed by atoms with Gasteiger partial charge in [-0.1, -0.05) is 51.4 Å². The molecule has 40 heavy (non-hydrogen) atoms. The second-order valence-electron chi connectivity index (χ2n) is 14.8. The van der Waals surface area contributed by atoms with Crippen LogP contribution in [0.5, 0.6) is 0 Å². The number of hydrogen-bond donors (Lipinski definition) is 3. The molecule has 5 fully saturated rings. The molecule has 4 bridgehead atoms. The summed E-state index contributed by atoms with van der Waals surface area (Å²) in [7, 11) is 0. The highest BCUT2D eigenvalue weighted by Gasteiger charge is 2.58. The molecule has 4 atom stereocenters. The molecule has 8 heteroatoms. The van der Waals surface area contributed by atoms with E-state index in [1.165, 1.54) is 0 Å². The third-order valence-corrected chi connectivity index (χ3v) is 10.9. The van der Waals surface area contributed by atoms with Crippen LogP contribution < -0.4 is 5.32 Å². The number of carboxylic acids is 1. The summed E-state index contributed by atoms with van der Waals surface area (Å²) >= 11 is 6.07. The van der Waals surface area contributed by atoms with E-state index >= 15 is 0 Å². The van der Waals surface area contributed by atoms with Crippen molar-refractivity contribution in [3.8, 4) is 0 Å². The third-order valence-electron chi connectivity index (χ3n) is 10.7. The van der Waals surface area contributed by atoms with E-state index in [4.69, 9.17) is 11.6 Å². The van der Waals surface area contributed by atoms with Crippen LogP contribution in [0.1, 0.15) is 91.0 Å². The molecule has 0 spiro atoms. The fourth-order valence-electron chi connectivity index (χ4n) is 9.43. The summed E-state index contributed by atoms with van der Waals surface area (Å²) in [5.74, 6) is -0.0292. The van der Waals surface area contributed by atoms with Gasteiger partial charge in [0.15, 0.2) is 0 Å². The molecule has 5 aliphatic rings. The molecule has 7 nitrogen and oxygen atoms in total. The van der Waals surface area contributed by atoms with E-state index in [2.05, 4.69) is 5.32 Å². The number of nitrogens with one attached hydrogen (secondary N) is 1. The second-order valence-corrected chi connectivity index (χ2v) is 15.2. The average Bonchev–Trinajstić information content (AvgIpc) is 2.82. The predicted octanol–water partition coefficient (Wildman–Crippen LogP) is 5.38. The maximum Gasteiger partial charge on any atom is 0.303 e. The highest BCUT2D eigenvalue weighted by molar-refractivity contribution is 6.30. The summed E-state index contributed by atoms with van der Waals surface area (Å²) in [6.45, 7) is 8.62. The number of carboxylic acid groups (broad SMARTS) is 1. The number of carbonyl (C=O) groups excluding carboxylic acids is 2. The SMILES string of the molecule is CC(C)[C@@H](NC(=O)CC12CC3CC(CC(CC(=O)O)(C3)C1)C2)C(=O)N1CC[C@](O)(c2ccc(Cl)cc2)C(C)(C)C1. The minimum absolute atomic E-state index is 0.0913. The zero-order chi connectivity index (χ0) is 29.1. The molecule has 1 aliphatic heterocycles. The number of rotatable bonds is 8. The van der Waals surface area contributed by atoms with Crippen LogP contribution in [0.2, 0.25) is 5.02 Å². The molecule has 220 valence electrons. The number of likely N-dealkylation sites (tertiary alicyclic amines) is 1. The molecule has 1 aromatic carbocycles. The topological polar surface area (TPSA) is 107 Å². The van der Waals surface area contributed by atoms with Crippen molar-refractivity contribution in [3.63, 3.8) is 0 Å².